The van der Waals surface area contributed by atoms with Crippen LogP contribution in [0.3, 0.4) is 0 Å². The van der Waals surface area contributed by atoms with Crippen molar-refractivity contribution >= 4 is 17.3 Å². The number of likely N-dealkylation sites (N-methyl/N-ethyl adjacent to an activating group) is 1. The summed E-state index contributed by atoms with van der Waals surface area (Å²) in [5, 5.41) is 18.8. The van der Waals surface area contributed by atoms with Gasteiger partial charge in [0, 0.05) is 19.3 Å². The third kappa shape index (κ3) is 3.64. The van der Waals surface area contributed by atoms with E-state index >= 15 is 0 Å². The minimum atomic E-state index is -1.01. The zero-order valence-corrected chi connectivity index (χ0v) is 10.3. The fourth-order valence-electron chi connectivity index (χ4n) is 1.71. The van der Waals surface area contributed by atoms with Gasteiger partial charge >= 0.3 is 5.97 Å². The third-order valence-electron chi connectivity index (χ3n) is 2.29. The molecule has 0 atom stereocenters. The van der Waals surface area contributed by atoms with E-state index in [4.69, 9.17) is 10.8 Å². The molecule has 5 nitrogen and oxygen atoms in total. The summed E-state index contributed by atoms with van der Waals surface area (Å²) in [5.74, 6) is -1.01. The van der Waals surface area contributed by atoms with Crippen molar-refractivity contribution in [1.29, 1.82) is 0 Å². The van der Waals surface area contributed by atoms with Gasteiger partial charge in [0.25, 0.3) is 0 Å². The Balaban J connectivity index is 3.10. The number of benzene rings is 1. The van der Waals surface area contributed by atoms with E-state index in [9.17, 15) is 9.90 Å². The number of nitrogens with two attached hydrogens (primary N) is 1. The van der Waals surface area contributed by atoms with Crippen LogP contribution in [-0.4, -0.2) is 35.4 Å². The number of anilines is 2. The van der Waals surface area contributed by atoms with Crippen LogP contribution in [-0.2, 0) is 0 Å². The topological polar surface area (TPSA) is 86.8 Å². The number of nitrogen functional groups attached to an aromatic ring is 1. The van der Waals surface area contributed by atoms with Crippen molar-refractivity contribution in [2.75, 3.05) is 24.2 Å². The van der Waals surface area contributed by atoms with Gasteiger partial charge in [0.05, 0.1) is 16.9 Å². The summed E-state index contributed by atoms with van der Waals surface area (Å²) in [6.07, 6.45) is 0. The van der Waals surface area contributed by atoms with Gasteiger partial charge < -0.3 is 20.8 Å². The first-order chi connectivity index (χ1) is 7.70. The molecule has 17 heavy (non-hydrogen) atoms. The zero-order chi connectivity index (χ0) is 13.2. The highest BCUT2D eigenvalue weighted by Gasteiger charge is 2.20. The maximum absolute atomic E-state index is 11.1. The first-order valence-electron chi connectivity index (χ1n) is 5.27. The lowest BCUT2D eigenvalue weighted by Gasteiger charge is -2.28. The maximum Gasteiger partial charge on any atom is 0.337 e. The van der Waals surface area contributed by atoms with Gasteiger partial charge in [0.2, 0.25) is 0 Å². The summed E-state index contributed by atoms with van der Waals surface area (Å²) in [6, 6.07) is 4.61. The molecule has 1 aromatic rings. The minimum Gasteiger partial charge on any atom is -0.478 e. The van der Waals surface area contributed by atoms with Crippen molar-refractivity contribution in [2.24, 2.45) is 0 Å². The number of rotatable bonds is 4. The van der Waals surface area contributed by atoms with E-state index in [1.165, 1.54) is 6.07 Å². The Morgan fingerprint density at radius 1 is 1.47 bits per heavy atom. The molecular formula is C12H18N2O3. The molecule has 0 fully saturated rings. The number of carboxylic acids is 1. The standard InChI is InChI=1S/C12H18N2O3/c1-12(2,17)7-14(3)10-6-8(13)4-5-9(10)11(15)16/h4-6,17H,7,13H2,1-3H3,(H,15,16). The van der Waals surface area contributed by atoms with Crippen LogP contribution < -0.4 is 10.6 Å². The Morgan fingerprint density at radius 2 is 2.06 bits per heavy atom. The quantitative estimate of drug-likeness (QED) is 0.685. The molecule has 5 heteroatoms. The van der Waals surface area contributed by atoms with Crippen LogP contribution in [0.25, 0.3) is 0 Å². The van der Waals surface area contributed by atoms with Crippen LogP contribution in [0.15, 0.2) is 18.2 Å². The average molecular weight is 238 g/mol. The first kappa shape index (κ1) is 13.3. The number of hydrogen-bond acceptors (Lipinski definition) is 4. The molecule has 0 aliphatic heterocycles. The molecule has 0 unspecified atom stereocenters. The predicted molar refractivity (Wildman–Crippen MR) is 67.4 cm³/mol. The van der Waals surface area contributed by atoms with E-state index in [1.54, 1.807) is 37.9 Å². The number of nitrogens with zero attached hydrogens (tertiary/aromatic N) is 1. The number of hydrogen-bond donors (Lipinski definition) is 3. The van der Waals surface area contributed by atoms with Gasteiger partial charge in [-0.05, 0) is 32.0 Å². The molecule has 0 radical (unpaired) electrons. The van der Waals surface area contributed by atoms with Gasteiger partial charge in [-0.3, -0.25) is 0 Å². The summed E-state index contributed by atoms with van der Waals surface area (Å²) in [4.78, 5) is 12.8. The van der Waals surface area contributed by atoms with Crippen LogP contribution in [0.5, 0.6) is 0 Å². The molecule has 0 saturated heterocycles. The van der Waals surface area contributed by atoms with E-state index in [0.29, 0.717) is 17.9 Å². The Kier molecular flexibility index (Phi) is 3.63. The van der Waals surface area contributed by atoms with Gasteiger partial charge in [-0.2, -0.15) is 0 Å². The van der Waals surface area contributed by atoms with Gasteiger partial charge in [0.15, 0.2) is 0 Å². The smallest absolute Gasteiger partial charge is 0.337 e. The summed E-state index contributed by atoms with van der Waals surface area (Å²) < 4.78 is 0. The highest BCUT2D eigenvalue weighted by molar-refractivity contribution is 5.95. The van der Waals surface area contributed by atoms with Crippen molar-refractivity contribution < 1.29 is 15.0 Å². The fraction of sp³-hybridized carbons (Fsp3) is 0.417. The number of carboxylic acid groups (broad SMARTS) is 1. The van der Waals surface area contributed by atoms with Gasteiger partial charge in [-0.1, -0.05) is 0 Å². The second-order valence-corrected chi connectivity index (χ2v) is 4.75. The molecular weight excluding hydrogens is 220 g/mol. The van der Waals surface area contributed by atoms with Crippen LogP contribution in [0.1, 0.15) is 24.2 Å². The summed E-state index contributed by atoms with van der Waals surface area (Å²) in [7, 11) is 1.72. The molecule has 0 amide bonds. The van der Waals surface area contributed by atoms with E-state index in [-0.39, 0.29) is 5.56 Å². The molecule has 0 aliphatic rings. The third-order valence-corrected chi connectivity index (χ3v) is 2.29. The SMILES string of the molecule is CN(CC(C)(C)O)c1cc(N)ccc1C(=O)O. The molecule has 0 spiro atoms. The second kappa shape index (κ2) is 4.63. The Hall–Kier alpha value is -1.75. The molecule has 0 bridgehead atoms. The van der Waals surface area contributed by atoms with Gasteiger partial charge in [-0.25, -0.2) is 4.79 Å². The van der Waals surface area contributed by atoms with Crippen LogP contribution in [0, 0.1) is 0 Å². The normalized spacial score (nSPS) is 11.3. The predicted octanol–water partition coefficient (Wildman–Crippen LogP) is 1.17. The van der Waals surface area contributed by atoms with Crippen molar-refractivity contribution in [2.45, 2.75) is 19.4 Å². The highest BCUT2D eigenvalue weighted by Crippen LogP contribution is 2.24. The maximum atomic E-state index is 11.1. The van der Waals surface area contributed by atoms with Crippen LogP contribution in [0.4, 0.5) is 11.4 Å². The summed E-state index contributed by atoms with van der Waals surface area (Å²) in [5.41, 5.74) is 5.90. The Labute approximate surface area is 100 Å². The van der Waals surface area contributed by atoms with Crippen molar-refractivity contribution in [3.8, 4) is 0 Å². The van der Waals surface area contributed by atoms with Crippen LogP contribution in [0.2, 0.25) is 0 Å². The largest absolute Gasteiger partial charge is 0.478 e. The number of aromatic carboxylic acids is 1. The average Bonchev–Trinajstić information content (AvgIpc) is 2.14. The van der Waals surface area contributed by atoms with E-state index in [1.807, 2.05) is 0 Å². The van der Waals surface area contributed by atoms with Crippen molar-refractivity contribution in [3.05, 3.63) is 23.8 Å². The minimum absolute atomic E-state index is 0.172. The molecule has 94 valence electrons. The molecule has 0 heterocycles. The molecule has 0 aromatic heterocycles. The molecule has 0 saturated carbocycles. The zero-order valence-electron chi connectivity index (χ0n) is 10.3. The first-order valence-corrected chi connectivity index (χ1v) is 5.27. The van der Waals surface area contributed by atoms with E-state index in [0.717, 1.165) is 0 Å². The monoisotopic (exact) mass is 238 g/mol. The van der Waals surface area contributed by atoms with Crippen molar-refractivity contribution in [3.63, 3.8) is 0 Å². The lowest BCUT2D eigenvalue weighted by Crippen LogP contribution is -2.36. The van der Waals surface area contributed by atoms with Crippen LogP contribution >= 0.6 is 0 Å². The fourth-order valence-corrected chi connectivity index (χ4v) is 1.71. The highest BCUT2D eigenvalue weighted by atomic mass is 16.4. The van der Waals surface area contributed by atoms with E-state index in [2.05, 4.69) is 0 Å². The summed E-state index contributed by atoms with van der Waals surface area (Å²) >= 11 is 0. The Bertz CT molecular complexity index is 424. The molecule has 1 rings (SSSR count). The Morgan fingerprint density at radius 3 is 2.53 bits per heavy atom. The number of aliphatic hydroxyl groups is 1. The number of carbonyl (C=O) groups is 1. The molecule has 4 N–H and O–H groups in total. The van der Waals surface area contributed by atoms with Gasteiger partial charge in [-0.15, -0.1) is 0 Å². The molecule has 1 aromatic carbocycles. The second-order valence-electron chi connectivity index (χ2n) is 4.75. The van der Waals surface area contributed by atoms with E-state index < -0.39 is 11.6 Å². The lowest BCUT2D eigenvalue weighted by molar-refractivity contribution is 0.0694. The lowest BCUT2D eigenvalue weighted by atomic mass is 10.1. The van der Waals surface area contributed by atoms with Crippen molar-refractivity contribution in [1.82, 2.24) is 0 Å². The van der Waals surface area contributed by atoms with Gasteiger partial charge in [0.1, 0.15) is 0 Å². The molecule has 0 aliphatic carbocycles. The summed E-state index contributed by atoms with van der Waals surface area (Å²) in [6.45, 7) is 3.64.